The first-order valence-electron chi connectivity index (χ1n) is 11.1. The van der Waals surface area contributed by atoms with Gasteiger partial charge in [0.1, 0.15) is 5.75 Å². The highest BCUT2D eigenvalue weighted by molar-refractivity contribution is 5.85. The van der Waals surface area contributed by atoms with E-state index in [2.05, 4.69) is 27.7 Å². The summed E-state index contributed by atoms with van der Waals surface area (Å²) < 4.78 is 5.23. The molecular weight excluding hydrogens is 421 g/mol. The van der Waals surface area contributed by atoms with Crippen LogP contribution in [0.5, 0.6) is 5.75 Å². The Morgan fingerprint density at radius 1 is 1.10 bits per heavy atom. The Morgan fingerprint density at radius 2 is 1.80 bits per heavy atom. The van der Waals surface area contributed by atoms with Gasteiger partial charge in [-0.3, -0.25) is 9.69 Å². The van der Waals surface area contributed by atoms with Gasteiger partial charge >= 0.3 is 0 Å². The molecule has 0 aromatic heterocycles. The minimum absolute atomic E-state index is 0. The van der Waals surface area contributed by atoms with Crippen LogP contribution >= 0.6 is 24.8 Å². The second-order valence-corrected chi connectivity index (χ2v) is 8.92. The molecule has 0 radical (unpaired) electrons. The van der Waals surface area contributed by atoms with Crippen LogP contribution in [-0.2, 0) is 11.3 Å². The second kappa shape index (κ2) is 12.1. The van der Waals surface area contributed by atoms with Crippen molar-refractivity contribution in [1.29, 1.82) is 0 Å². The van der Waals surface area contributed by atoms with Gasteiger partial charge in [0.25, 0.3) is 0 Å². The normalized spacial score (nSPS) is 26.8. The number of benzene rings is 1. The molecule has 2 N–H and O–H groups in total. The number of hydrogen-bond donors (Lipinski definition) is 2. The van der Waals surface area contributed by atoms with Crippen molar-refractivity contribution >= 4 is 30.7 Å². The quantitative estimate of drug-likeness (QED) is 0.681. The first kappa shape index (κ1) is 25.3. The van der Waals surface area contributed by atoms with Crippen LogP contribution in [0.2, 0.25) is 0 Å². The summed E-state index contributed by atoms with van der Waals surface area (Å²) in [5, 5.41) is 6.84. The van der Waals surface area contributed by atoms with Gasteiger partial charge in [0.05, 0.1) is 13.2 Å². The van der Waals surface area contributed by atoms with Crippen LogP contribution < -0.4 is 15.4 Å². The van der Waals surface area contributed by atoms with Crippen molar-refractivity contribution in [3.63, 3.8) is 0 Å². The monoisotopic (exact) mass is 457 g/mol. The average molecular weight is 458 g/mol. The summed E-state index contributed by atoms with van der Waals surface area (Å²) in [5.74, 6) is 2.48. The lowest BCUT2D eigenvalue weighted by molar-refractivity contribution is -0.123. The van der Waals surface area contributed by atoms with Crippen molar-refractivity contribution in [2.45, 2.75) is 63.6 Å². The molecule has 3 fully saturated rings. The summed E-state index contributed by atoms with van der Waals surface area (Å²) in [5.41, 5.74) is 1.33. The smallest absolute Gasteiger partial charge is 0.237 e. The van der Waals surface area contributed by atoms with Crippen LogP contribution in [0.25, 0.3) is 0 Å². The molecule has 1 aromatic rings. The summed E-state index contributed by atoms with van der Waals surface area (Å²) in [6.07, 6.45) is 8.58. The number of amides is 1. The third-order valence-corrected chi connectivity index (χ3v) is 7.02. The molecule has 1 aromatic carbocycles. The van der Waals surface area contributed by atoms with Crippen molar-refractivity contribution in [2.24, 2.45) is 11.8 Å². The fourth-order valence-electron chi connectivity index (χ4n) is 5.23. The van der Waals surface area contributed by atoms with Crippen molar-refractivity contribution in [1.82, 2.24) is 15.5 Å². The highest BCUT2D eigenvalue weighted by Crippen LogP contribution is 2.33. The molecule has 2 heterocycles. The van der Waals surface area contributed by atoms with Crippen LogP contribution in [0.1, 0.15) is 50.5 Å². The number of halogens is 2. The molecule has 3 unspecified atom stereocenters. The lowest BCUT2D eigenvalue weighted by atomic mass is 9.85. The zero-order valence-corrected chi connectivity index (χ0v) is 19.6. The van der Waals surface area contributed by atoms with Crippen LogP contribution in [0.15, 0.2) is 24.3 Å². The third-order valence-electron chi connectivity index (χ3n) is 7.02. The third kappa shape index (κ3) is 6.49. The summed E-state index contributed by atoms with van der Waals surface area (Å²) in [6, 6.07) is 9.00. The molecule has 3 atom stereocenters. The minimum Gasteiger partial charge on any atom is -0.497 e. The van der Waals surface area contributed by atoms with Gasteiger partial charge in [0.15, 0.2) is 0 Å². The number of piperidine rings is 1. The van der Waals surface area contributed by atoms with E-state index in [1.54, 1.807) is 7.11 Å². The van der Waals surface area contributed by atoms with E-state index in [1.165, 1.54) is 44.1 Å². The van der Waals surface area contributed by atoms with E-state index in [4.69, 9.17) is 4.74 Å². The van der Waals surface area contributed by atoms with Crippen LogP contribution in [0.3, 0.4) is 0 Å². The van der Waals surface area contributed by atoms with E-state index in [9.17, 15) is 4.79 Å². The number of likely N-dealkylation sites (tertiary alicyclic amines) is 1. The minimum atomic E-state index is 0. The van der Waals surface area contributed by atoms with Crippen LogP contribution in [0, 0.1) is 11.8 Å². The molecule has 2 saturated heterocycles. The second-order valence-electron chi connectivity index (χ2n) is 8.92. The first-order valence-corrected chi connectivity index (χ1v) is 11.1. The van der Waals surface area contributed by atoms with Crippen LogP contribution in [-0.4, -0.2) is 49.6 Å². The van der Waals surface area contributed by atoms with E-state index in [0.717, 1.165) is 44.3 Å². The van der Waals surface area contributed by atoms with Crippen molar-refractivity contribution < 1.29 is 9.53 Å². The number of methoxy groups -OCH3 is 1. The molecule has 4 rings (SSSR count). The number of nitrogens with zero attached hydrogens (tertiary/aromatic N) is 1. The average Bonchev–Trinajstić information content (AvgIpc) is 3.18. The summed E-state index contributed by atoms with van der Waals surface area (Å²) in [6.45, 7) is 4.05. The zero-order chi connectivity index (χ0) is 19.3. The number of ether oxygens (including phenoxy) is 1. The number of nitrogens with one attached hydrogen (secondary N) is 2. The Hall–Kier alpha value is -1.01. The van der Waals surface area contributed by atoms with Gasteiger partial charge in [-0.25, -0.2) is 0 Å². The molecule has 1 saturated carbocycles. The van der Waals surface area contributed by atoms with Gasteiger partial charge in [0, 0.05) is 19.1 Å². The van der Waals surface area contributed by atoms with Crippen molar-refractivity contribution in [3.05, 3.63) is 29.8 Å². The van der Waals surface area contributed by atoms with Gasteiger partial charge in [-0.1, -0.05) is 25.0 Å². The lowest BCUT2D eigenvalue weighted by Crippen LogP contribution is -2.45. The maximum absolute atomic E-state index is 12.6. The Bertz CT molecular complexity index is 636. The maximum atomic E-state index is 12.6. The molecule has 1 aliphatic carbocycles. The summed E-state index contributed by atoms with van der Waals surface area (Å²) in [4.78, 5) is 15.1. The summed E-state index contributed by atoms with van der Waals surface area (Å²) in [7, 11) is 1.70. The van der Waals surface area contributed by atoms with Crippen LogP contribution in [0.4, 0.5) is 0 Å². The largest absolute Gasteiger partial charge is 0.497 e. The van der Waals surface area contributed by atoms with Gasteiger partial charge < -0.3 is 15.4 Å². The maximum Gasteiger partial charge on any atom is 0.237 e. The number of carbonyl (C=O) groups is 1. The van der Waals surface area contributed by atoms with Gasteiger partial charge in [0.2, 0.25) is 5.91 Å². The molecule has 5 nitrogen and oxygen atoms in total. The number of fused-ring (bicyclic) bond motifs is 1. The molecule has 170 valence electrons. The Morgan fingerprint density at radius 3 is 2.47 bits per heavy atom. The number of hydrogen-bond acceptors (Lipinski definition) is 4. The van der Waals surface area contributed by atoms with E-state index >= 15 is 0 Å². The Labute approximate surface area is 193 Å². The van der Waals surface area contributed by atoms with E-state index in [0.29, 0.717) is 12.0 Å². The predicted octanol–water partition coefficient (Wildman–Crippen LogP) is 3.79. The predicted molar refractivity (Wildman–Crippen MR) is 126 cm³/mol. The molecule has 0 spiro atoms. The molecule has 30 heavy (non-hydrogen) atoms. The Balaban J connectivity index is 0.00000160. The highest BCUT2D eigenvalue weighted by Gasteiger charge is 2.38. The zero-order valence-electron chi connectivity index (χ0n) is 18.0. The SMILES string of the molecule is COc1ccc(CN2CCC(CNC(=O)C3CC4CCCCC4N3)CC2)cc1.Cl.Cl. The number of rotatable bonds is 6. The fourth-order valence-corrected chi connectivity index (χ4v) is 5.23. The molecule has 3 aliphatic rings. The van der Waals surface area contributed by atoms with E-state index in [1.807, 2.05) is 12.1 Å². The first-order chi connectivity index (χ1) is 13.7. The van der Waals surface area contributed by atoms with Gasteiger partial charge in [-0.2, -0.15) is 0 Å². The molecule has 7 heteroatoms. The lowest BCUT2D eigenvalue weighted by Gasteiger charge is -2.32. The molecule has 1 amide bonds. The highest BCUT2D eigenvalue weighted by atomic mass is 35.5. The van der Waals surface area contributed by atoms with E-state index < -0.39 is 0 Å². The molecule has 2 aliphatic heterocycles. The van der Waals surface area contributed by atoms with Gasteiger partial charge in [-0.05, 0) is 74.7 Å². The fraction of sp³-hybridized carbons (Fsp3) is 0.696. The topological polar surface area (TPSA) is 53.6 Å². The Kier molecular flexibility index (Phi) is 10.2. The molecule has 0 bridgehead atoms. The number of carbonyl (C=O) groups excluding carboxylic acids is 1. The van der Waals surface area contributed by atoms with Crippen molar-refractivity contribution in [3.8, 4) is 5.75 Å². The standard InChI is InChI=1S/C23H35N3O2.2ClH/c1-28-20-8-6-18(7-9-20)16-26-12-10-17(11-13-26)15-24-23(27)22-14-19-4-2-3-5-21(19)25-22;;/h6-9,17,19,21-22,25H,2-5,10-16H2,1H3,(H,24,27);2*1H. The van der Waals surface area contributed by atoms with Crippen molar-refractivity contribution in [2.75, 3.05) is 26.7 Å². The summed E-state index contributed by atoms with van der Waals surface area (Å²) >= 11 is 0. The molecular formula is C23H37Cl2N3O2. The van der Waals surface area contributed by atoms with Gasteiger partial charge in [-0.15, -0.1) is 24.8 Å². The van der Waals surface area contributed by atoms with E-state index in [-0.39, 0.29) is 36.8 Å².